The number of nitrogens with zero attached hydrogens (tertiary/aromatic N) is 2. The molecule has 3 rings (SSSR count). The molecule has 0 spiro atoms. The number of hydrogen-bond acceptors (Lipinski definition) is 5. The number of para-hydroxylation sites is 1. The van der Waals surface area contributed by atoms with E-state index in [2.05, 4.69) is 20.7 Å². The zero-order chi connectivity index (χ0) is 18.8. The first-order valence-electron chi connectivity index (χ1n) is 7.30. The standard InChI is InChI=1S/C16H11BrF2N2O4S/c17-9-5-6-11(21(23)24)12(7-9)20-14(22)8-26-15(20)10-3-1-2-4-13(10)25-16(18)19/h1-7,15-16H,8H2. The Morgan fingerprint density at radius 3 is 2.73 bits per heavy atom. The van der Waals surface area contributed by atoms with Crippen molar-refractivity contribution >= 4 is 45.0 Å². The summed E-state index contributed by atoms with van der Waals surface area (Å²) in [5, 5.41) is 10.7. The van der Waals surface area contributed by atoms with E-state index in [1.54, 1.807) is 12.1 Å². The molecule has 10 heteroatoms. The Balaban J connectivity index is 2.10. The number of ether oxygens (including phenoxy) is 1. The molecule has 0 bridgehead atoms. The van der Waals surface area contributed by atoms with Gasteiger partial charge in [-0.2, -0.15) is 8.78 Å². The number of rotatable bonds is 5. The SMILES string of the molecule is O=C1CSC(c2ccccc2OC(F)F)N1c1cc(Br)ccc1[N+](=O)[O-]. The van der Waals surface area contributed by atoms with Crippen molar-refractivity contribution in [2.45, 2.75) is 12.0 Å². The topological polar surface area (TPSA) is 72.7 Å². The summed E-state index contributed by atoms with van der Waals surface area (Å²) in [4.78, 5) is 24.5. The van der Waals surface area contributed by atoms with Gasteiger partial charge in [0.05, 0.1) is 10.7 Å². The maximum atomic E-state index is 12.7. The molecular formula is C16H11BrF2N2O4S. The highest BCUT2D eigenvalue weighted by Gasteiger charge is 2.39. The van der Waals surface area contributed by atoms with E-state index in [-0.39, 0.29) is 28.8 Å². The lowest BCUT2D eigenvalue weighted by Gasteiger charge is -2.25. The first-order chi connectivity index (χ1) is 12.4. The minimum atomic E-state index is -3.02. The first-order valence-corrected chi connectivity index (χ1v) is 9.14. The highest BCUT2D eigenvalue weighted by molar-refractivity contribution is 9.10. The number of hydrogen-bond donors (Lipinski definition) is 0. The van der Waals surface area contributed by atoms with Gasteiger partial charge in [-0.15, -0.1) is 11.8 Å². The lowest BCUT2D eigenvalue weighted by Crippen LogP contribution is -2.29. The Bertz CT molecular complexity index is 868. The number of carbonyl (C=O) groups is 1. The third-order valence-electron chi connectivity index (χ3n) is 3.66. The number of anilines is 1. The number of nitro benzene ring substituents is 1. The summed E-state index contributed by atoms with van der Waals surface area (Å²) in [6.45, 7) is -3.02. The minimum absolute atomic E-state index is 0.0668. The molecule has 0 aliphatic carbocycles. The second-order valence-electron chi connectivity index (χ2n) is 5.23. The van der Waals surface area contributed by atoms with Crippen molar-refractivity contribution < 1.29 is 23.2 Å². The van der Waals surface area contributed by atoms with Gasteiger partial charge in [0.2, 0.25) is 5.91 Å². The second kappa shape index (κ2) is 7.58. The van der Waals surface area contributed by atoms with Crippen molar-refractivity contribution in [1.29, 1.82) is 0 Å². The number of halogens is 3. The molecule has 0 saturated carbocycles. The molecule has 1 aliphatic heterocycles. The monoisotopic (exact) mass is 444 g/mol. The van der Waals surface area contributed by atoms with E-state index in [0.29, 0.717) is 10.0 Å². The van der Waals surface area contributed by atoms with Gasteiger partial charge in [-0.25, -0.2) is 0 Å². The van der Waals surface area contributed by atoms with Crippen LogP contribution in [0.25, 0.3) is 0 Å². The predicted octanol–water partition coefficient (Wildman–Crippen LogP) is 4.74. The molecule has 0 N–H and O–H groups in total. The van der Waals surface area contributed by atoms with Gasteiger partial charge >= 0.3 is 6.61 Å². The van der Waals surface area contributed by atoms with E-state index in [0.717, 1.165) is 0 Å². The van der Waals surface area contributed by atoms with Gasteiger partial charge in [0.25, 0.3) is 5.69 Å². The van der Waals surface area contributed by atoms with Crippen molar-refractivity contribution in [3.8, 4) is 5.75 Å². The van der Waals surface area contributed by atoms with E-state index in [1.807, 2.05) is 0 Å². The molecule has 1 amide bonds. The first kappa shape index (κ1) is 18.6. The molecular weight excluding hydrogens is 434 g/mol. The predicted molar refractivity (Wildman–Crippen MR) is 96.6 cm³/mol. The van der Waals surface area contributed by atoms with Gasteiger partial charge in [0, 0.05) is 16.1 Å². The van der Waals surface area contributed by atoms with Crippen LogP contribution < -0.4 is 9.64 Å². The summed E-state index contributed by atoms with van der Waals surface area (Å²) >= 11 is 4.43. The fourth-order valence-corrected chi connectivity index (χ4v) is 4.19. The van der Waals surface area contributed by atoms with E-state index in [4.69, 9.17) is 0 Å². The molecule has 1 atom stereocenters. The molecule has 2 aromatic carbocycles. The molecule has 6 nitrogen and oxygen atoms in total. The Kier molecular flexibility index (Phi) is 5.42. The number of carbonyl (C=O) groups excluding carboxylic acids is 1. The van der Waals surface area contributed by atoms with Crippen molar-refractivity contribution in [3.05, 3.63) is 62.6 Å². The highest BCUT2D eigenvalue weighted by atomic mass is 79.9. The van der Waals surface area contributed by atoms with Gasteiger partial charge in [0.1, 0.15) is 16.8 Å². The van der Waals surface area contributed by atoms with Gasteiger partial charge < -0.3 is 4.74 Å². The molecule has 2 aromatic rings. The zero-order valence-electron chi connectivity index (χ0n) is 13.0. The van der Waals surface area contributed by atoms with Crippen LogP contribution in [-0.2, 0) is 4.79 Å². The quantitative estimate of drug-likeness (QED) is 0.491. The summed E-state index contributed by atoms with van der Waals surface area (Å²) in [5.74, 6) is -0.359. The Morgan fingerprint density at radius 2 is 2.04 bits per heavy atom. The number of nitro groups is 1. The van der Waals surface area contributed by atoms with E-state index in [1.165, 1.54) is 47.0 Å². The van der Waals surface area contributed by atoms with Crippen LogP contribution in [0.4, 0.5) is 20.2 Å². The normalized spacial score (nSPS) is 17.0. The number of thioether (sulfide) groups is 1. The largest absolute Gasteiger partial charge is 0.434 e. The molecule has 26 heavy (non-hydrogen) atoms. The minimum Gasteiger partial charge on any atom is -0.434 e. The van der Waals surface area contributed by atoms with Gasteiger partial charge in [0.15, 0.2) is 0 Å². The molecule has 0 radical (unpaired) electrons. The zero-order valence-corrected chi connectivity index (χ0v) is 15.4. The average Bonchev–Trinajstić information content (AvgIpc) is 2.95. The molecule has 0 aromatic heterocycles. The Hall–Kier alpha value is -2.20. The molecule has 1 aliphatic rings. The third-order valence-corrected chi connectivity index (χ3v) is 5.35. The molecule has 136 valence electrons. The van der Waals surface area contributed by atoms with Crippen LogP contribution in [0.5, 0.6) is 5.75 Å². The van der Waals surface area contributed by atoms with E-state index >= 15 is 0 Å². The van der Waals surface area contributed by atoms with Crippen LogP contribution in [0.15, 0.2) is 46.9 Å². The average molecular weight is 445 g/mol. The van der Waals surface area contributed by atoms with Crippen molar-refractivity contribution in [3.63, 3.8) is 0 Å². The fourth-order valence-electron chi connectivity index (χ4n) is 2.65. The van der Waals surface area contributed by atoms with Gasteiger partial charge in [-0.3, -0.25) is 19.8 Å². The number of amides is 1. The Morgan fingerprint density at radius 1 is 1.31 bits per heavy atom. The summed E-state index contributed by atoms with van der Waals surface area (Å²) in [7, 11) is 0. The number of alkyl halides is 2. The van der Waals surface area contributed by atoms with Crippen LogP contribution in [0.1, 0.15) is 10.9 Å². The summed E-state index contributed by atoms with van der Waals surface area (Å²) in [6.07, 6.45) is 0. The third kappa shape index (κ3) is 3.65. The van der Waals surface area contributed by atoms with Crippen molar-refractivity contribution in [2.24, 2.45) is 0 Å². The molecule has 1 heterocycles. The number of benzene rings is 2. The second-order valence-corrected chi connectivity index (χ2v) is 7.22. The molecule has 1 saturated heterocycles. The smallest absolute Gasteiger partial charge is 0.387 e. The van der Waals surface area contributed by atoms with Crippen molar-refractivity contribution in [2.75, 3.05) is 10.7 Å². The molecule has 1 fully saturated rings. The van der Waals surface area contributed by atoms with Gasteiger partial charge in [-0.05, 0) is 18.2 Å². The lowest BCUT2D eigenvalue weighted by molar-refractivity contribution is -0.384. The van der Waals surface area contributed by atoms with Gasteiger partial charge in [-0.1, -0.05) is 34.1 Å². The Labute approximate surface area is 159 Å². The fraction of sp³-hybridized carbons (Fsp3) is 0.188. The summed E-state index contributed by atoms with van der Waals surface area (Å²) < 4.78 is 30.5. The van der Waals surface area contributed by atoms with E-state index < -0.39 is 16.9 Å². The van der Waals surface area contributed by atoms with Crippen LogP contribution in [0.3, 0.4) is 0 Å². The van der Waals surface area contributed by atoms with E-state index in [9.17, 15) is 23.7 Å². The van der Waals surface area contributed by atoms with Crippen LogP contribution in [0.2, 0.25) is 0 Å². The van der Waals surface area contributed by atoms with Crippen LogP contribution in [-0.4, -0.2) is 23.2 Å². The molecule has 1 unspecified atom stereocenters. The van der Waals surface area contributed by atoms with Crippen molar-refractivity contribution in [1.82, 2.24) is 0 Å². The van der Waals surface area contributed by atoms with Crippen LogP contribution >= 0.6 is 27.7 Å². The maximum Gasteiger partial charge on any atom is 0.387 e. The highest BCUT2D eigenvalue weighted by Crippen LogP contribution is 2.47. The van der Waals surface area contributed by atoms with Crippen LogP contribution in [0, 0.1) is 10.1 Å². The maximum absolute atomic E-state index is 12.7. The lowest BCUT2D eigenvalue weighted by atomic mass is 10.1. The summed E-state index contributed by atoms with van der Waals surface area (Å²) in [6, 6.07) is 10.3. The summed E-state index contributed by atoms with van der Waals surface area (Å²) in [5.41, 5.74) is 0.190.